The second-order valence-corrected chi connectivity index (χ2v) is 9.13. The first kappa shape index (κ1) is 21.9. The maximum atomic E-state index is 13.4. The number of ether oxygens (including phenoxy) is 3. The molecular formula is C23H27N5O4S. The van der Waals surface area contributed by atoms with Crippen LogP contribution in [0.5, 0.6) is 11.5 Å². The molecular weight excluding hydrogens is 442 g/mol. The summed E-state index contributed by atoms with van der Waals surface area (Å²) in [5.41, 5.74) is 2.12. The molecule has 0 radical (unpaired) electrons. The summed E-state index contributed by atoms with van der Waals surface area (Å²) >= 11 is 1.44. The third-order valence-corrected chi connectivity index (χ3v) is 7.21. The van der Waals surface area contributed by atoms with Crippen LogP contribution in [-0.2, 0) is 11.3 Å². The van der Waals surface area contributed by atoms with Crippen molar-refractivity contribution in [3.63, 3.8) is 0 Å². The van der Waals surface area contributed by atoms with Gasteiger partial charge in [-0.2, -0.15) is 0 Å². The standard InChI is InChI=1S/C23H27N5O4S/c1-15-19-21(24-5-10-30-2)25-13-26-22(19)33-20(15)23(29)28-8-6-27(7-9-28)12-16-3-4-17-18(11-16)32-14-31-17/h3-4,11,13H,5-10,12,14H2,1-2H3,(H,24,25,26). The van der Waals surface area contributed by atoms with E-state index in [0.29, 0.717) is 26.2 Å². The molecule has 0 bridgehead atoms. The zero-order chi connectivity index (χ0) is 22.8. The maximum Gasteiger partial charge on any atom is 0.264 e. The molecule has 1 N–H and O–H groups in total. The van der Waals surface area contributed by atoms with Gasteiger partial charge < -0.3 is 24.4 Å². The van der Waals surface area contributed by atoms with Crippen LogP contribution in [0.25, 0.3) is 10.2 Å². The highest BCUT2D eigenvalue weighted by Crippen LogP contribution is 2.35. The van der Waals surface area contributed by atoms with E-state index in [-0.39, 0.29) is 12.7 Å². The van der Waals surface area contributed by atoms with E-state index in [0.717, 1.165) is 57.6 Å². The smallest absolute Gasteiger partial charge is 0.264 e. The molecule has 1 amide bonds. The first-order valence-corrected chi connectivity index (χ1v) is 11.8. The summed E-state index contributed by atoms with van der Waals surface area (Å²) in [7, 11) is 1.67. The summed E-state index contributed by atoms with van der Waals surface area (Å²) in [6.45, 7) is 7.36. The lowest BCUT2D eigenvalue weighted by Gasteiger charge is -2.34. The molecule has 2 aliphatic heterocycles. The Kier molecular flexibility index (Phi) is 6.30. The predicted octanol–water partition coefficient (Wildman–Crippen LogP) is 2.74. The summed E-state index contributed by atoms with van der Waals surface area (Å²) in [6.07, 6.45) is 1.54. The maximum absolute atomic E-state index is 13.4. The average Bonchev–Trinajstić information content (AvgIpc) is 3.44. The number of thiophene rings is 1. The zero-order valence-electron chi connectivity index (χ0n) is 18.8. The Hall–Kier alpha value is -2.95. The number of aromatic nitrogens is 2. The highest BCUT2D eigenvalue weighted by atomic mass is 32.1. The molecule has 4 heterocycles. The minimum absolute atomic E-state index is 0.0704. The first-order valence-electron chi connectivity index (χ1n) is 11.0. The Morgan fingerprint density at radius 3 is 2.82 bits per heavy atom. The highest BCUT2D eigenvalue weighted by molar-refractivity contribution is 7.20. The molecule has 2 aromatic heterocycles. The number of piperazine rings is 1. The van der Waals surface area contributed by atoms with Crippen LogP contribution in [0, 0.1) is 6.92 Å². The second-order valence-electron chi connectivity index (χ2n) is 8.13. The summed E-state index contributed by atoms with van der Waals surface area (Å²) < 4.78 is 16.0. The Morgan fingerprint density at radius 2 is 2.00 bits per heavy atom. The molecule has 1 aromatic carbocycles. The third-order valence-electron chi connectivity index (χ3n) is 6.02. The number of nitrogens with zero attached hydrogens (tertiary/aromatic N) is 4. The van der Waals surface area contributed by atoms with Crippen LogP contribution in [0.4, 0.5) is 5.82 Å². The van der Waals surface area contributed by atoms with Gasteiger partial charge in [0.1, 0.15) is 17.0 Å². The molecule has 9 nitrogen and oxygen atoms in total. The first-order chi connectivity index (χ1) is 16.1. The fourth-order valence-corrected chi connectivity index (χ4v) is 5.35. The number of fused-ring (bicyclic) bond motifs is 2. The lowest BCUT2D eigenvalue weighted by atomic mass is 10.1. The minimum Gasteiger partial charge on any atom is -0.454 e. The summed E-state index contributed by atoms with van der Waals surface area (Å²) in [5.74, 6) is 2.43. The normalized spacial score (nSPS) is 15.9. The van der Waals surface area contributed by atoms with E-state index in [1.807, 2.05) is 24.0 Å². The molecule has 5 rings (SSSR count). The van der Waals surface area contributed by atoms with E-state index < -0.39 is 0 Å². The van der Waals surface area contributed by atoms with Crippen molar-refractivity contribution >= 4 is 33.3 Å². The largest absolute Gasteiger partial charge is 0.454 e. The number of carbonyl (C=O) groups excluding carboxylic acids is 1. The van der Waals surface area contributed by atoms with Gasteiger partial charge in [-0.25, -0.2) is 9.97 Å². The third kappa shape index (κ3) is 4.46. The highest BCUT2D eigenvalue weighted by Gasteiger charge is 2.27. The summed E-state index contributed by atoms with van der Waals surface area (Å²) in [6, 6.07) is 6.08. The van der Waals surface area contributed by atoms with Crippen molar-refractivity contribution in [1.29, 1.82) is 0 Å². The Balaban J connectivity index is 1.24. The molecule has 1 fully saturated rings. The lowest BCUT2D eigenvalue weighted by molar-refractivity contribution is 0.0632. The topological polar surface area (TPSA) is 89.0 Å². The van der Waals surface area contributed by atoms with Crippen molar-refractivity contribution in [1.82, 2.24) is 19.8 Å². The van der Waals surface area contributed by atoms with Crippen LogP contribution in [0.3, 0.4) is 0 Å². The van der Waals surface area contributed by atoms with Gasteiger partial charge in [-0.3, -0.25) is 9.69 Å². The average molecular weight is 470 g/mol. The van der Waals surface area contributed by atoms with Gasteiger partial charge in [0.15, 0.2) is 11.5 Å². The molecule has 33 heavy (non-hydrogen) atoms. The summed E-state index contributed by atoms with van der Waals surface area (Å²) in [5, 5.41) is 4.21. The molecule has 0 spiro atoms. The van der Waals surface area contributed by atoms with Gasteiger partial charge in [0.25, 0.3) is 5.91 Å². The van der Waals surface area contributed by atoms with Gasteiger partial charge >= 0.3 is 0 Å². The van der Waals surface area contributed by atoms with E-state index in [9.17, 15) is 4.79 Å². The van der Waals surface area contributed by atoms with Crippen molar-refractivity contribution in [3.8, 4) is 11.5 Å². The number of amides is 1. The number of nitrogens with one attached hydrogen (secondary N) is 1. The number of hydrogen-bond acceptors (Lipinski definition) is 9. The zero-order valence-corrected chi connectivity index (χ0v) is 19.6. The number of anilines is 1. The second kappa shape index (κ2) is 9.50. The van der Waals surface area contributed by atoms with Crippen molar-refractivity contribution in [2.24, 2.45) is 0 Å². The van der Waals surface area contributed by atoms with Crippen LogP contribution in [-0.4, -0.2) is 78.9 Å². The number of carbonyl (C=O) groups is 1. The fraction of sp³-hybridized carbons (Fsp3) is 0.435. The van der Waals surface area contributed by atoms with Gasteiger partial charge in [0.05, 0.1) is 16.9 Å². The Labute approximate surface area is 196 Å². The van der Waals surface area contributed by atoms with E-state index in [1.54, 1.807) is 7.11 Å². The Morgan fingerprint density at radius 1 is 1.18 bits per heavy atom. The molecule has 0 unspecified atom stereocenters. The van der Waals surface area contributed by atoms with Crippen LogP contribution in [0.1, 0.15) is 20.8 Å². The van der Waals surface area contributed by atoms with Gasteiger partial charge in [0.2, 0.25) is 6.79 Å². The lowest BCUT2D eigenvalue weighted by Crippen LogP contribution is -2.48. The van der Waals surface area contributed by atoms with Gasteiger partial charge in [0, 0.05) is 46.4 Å². The van der Waals surface area contributed by atoms with Crippen molar-refractivity contribution in [2.45, 2.75) is 13.5 Å². The van der Waals surface area contributed by atoms with Gasteiger partial charge in [-0.15, -0.1) is 11.3 Å². The van der Waals surface area contributed by atoms with Crippen LogP contribution >= 0.6 is 11.3 Å². The van der Waals surface area contributed by atoms with Crippen molar-refractivity contribution in [3.05, 3.63) is 40.5 Å². The number of rotatable bonds is 7. The molecule has 0 aliphatic carbocycles. The SMILES string of the molecule is COCCNc1ncnc2sc(C(=O)N3CCN(Cc4ccc5c(c4)OCO5)CC3)c(C)c12. The van der Waals surface area contributed by atoms with Crippen molar-refractivity contribution in [2.75, 3.05) is 58.6 Å². The minimum atomic E-state index is 0.0704. The monoisotopic (exact) mass is 469 g/mol. The fourth-order valence-electron chi connectivity index (χ4n) is 4.23. The van der Waals surface area contributed by atoms with Crippen molar-refractivity contribution < 1.29 is 19.0 Å². The van der Waals surface area contributed by atoms with Gasteiger partial charge in [-0.05, 0) is 30.2 Å². The van der Waals surface area contributed by atoms with Crippen LogP contribution in [0.2, 0.25) is 0 Å². The molecule has 1 saturated heterocycles. The Bertz CT molecular complexity index is 1160. The van der Waals surface area contributed by atoms with Gasteiger partial charge in [-0.1, -0.05) is 6.07 Å². The van der Waals surface area contributed by atoms with E-state index in [1.165, 1.54) is 23.2 Å². The summed E-state index contributed by atoms with van der Waals surface area (Å²) in [4.78, 5) is 28.0. The number of aryl methyl sites for hydroxylation is 1. The molecule has 174 valence electrons. The van der Waals surface area contributed by atoms with E-state index in [2.05, 4.69) is 26.3 Å². The van der Waals surface area contributed by atoms with E-state index in [4.69, 9.17) is 14.2 Å². The van der Waals surface area contributed by atoms with E-state index >= 15 is 0 Å². The molecule has 2 aliphatic rings. The number of methoxy groups -OCH3 is 1. The predicted molar refractivity (Wildman–Crippen MR) is 126 cm³/mol. The molecule has 0 saturated carbocycles. The molecule has 0 atom stereocenters. The molecule has 10 heteroatoms. The van der Waals surface area contributed by atoms with Crippen LogP contribution in [0.15, 0.2) is 24.5 Å². The molecule has 3 aromatic rings. The number of hydrogen-bond donors (Lipinski definition) is 1. The van der Waals surface area contributed by atoms with Crippen LogP contribution < -0.4 is 14.8 Å². The quantitative estimate of drug-likeness (QED) is 0.529. The number of benzene rings is 1.